The van der Waals surface area contributed by atoms with E-state index >= 15 is 0 Å². The number of rotatable bonds is 3. The third-order valence-corrected chi connectivity index (χ3v) is 4.85. The number of nitrogens with zero attached hydrogens (tertiary/aromatic N) is 3. The van der Waals surface area contributed by atoms with Crippen LogP contribution >= 0.6 is 0 Å². The van der Waals surface area contributed by atoms with E-state index in [-0.39, 0.29) is 17.6 Å². The second-order valence-electron chi connectivity index (χ2n) is 6.65. The lowest BCUT2D eigenvalue weighted by Crippen LogP contribution is -2.38. The summed E-state index contributed by atoms with van der Waals surface area (Å²) in [5.74, 6) is 0. The Bertz CT molecular complexity index is 802. The van der Waals surface area contributed by atoms with Gasteiger partial charge in [-0.3, -0.25) is 9.78 Å². The van der Waals surface area contributed by atoms with E-state index in [1.165, 1.54) is 0 Å². The zero-order valence-electron chi connectivity index (χ0n) is 13.9. The molecule has 1 saturated heterocycles. The largest absolute Gasteiger partial charge is 0.378 e. The van der Waals surface area contributed by atoms with Crippen molar-refractivity contribution in [2.75, 3.05) is 18.5 Å². The molecule has 0 spiro atoms. The van der Waals surface area contributed by atoms with Gasteiger partial charge >= 0.3 is 0 Å². The maximum Gasteiger partial charge on any atom is 0.267 e. The molecule has 3 heterocycles. The Hall–Kier alpha value is -2.21. The minimum Gasteiger partial charge on any atom is -0.378 e. The molecule has 0 radical (unpaired) electrons. The lowest BCUT2D eigenvalue weighted by molar-refractivity contribution is 0.182. The van der Waals surface area contributed by atoms with Gasteiger partial charge in [0.15, 0.2) is 0 Å². The van der Waals surface area contributed by atoms with E-state index in [4.69, 9.17) is 4.74 Å². The Morgan fingerprint density at radius 1 is 1.25 bits per heavy atom. The van der Waals surface area contributed by atoms with Crippen LogP contribution in [0.1, 0.15) is 35.8 Å². The molecule has 2 aromatic heterocycles. The van der Waals surface area contributed by atoms with Crippen LogP contribution in [0, 0.1) is 6.92 Å². The number of fused-ring (bicyclic) bond motifs is 1. The van der Waals surface area contributed by atoms with Gasteiger partial charge in [-0.05, 0) is 50.3 Å². The first-order valence-corrected chi connectivity index (χ1v) is 8.59. The topological polar surface area (TPSA) is 69.0 Å². The van der Waals surface area contributed by atoms with Crippen LogP contribution in [0.15, 0.2) is 29.2 Å². The molecule has 0 bridgehead atoms. The summed E-state index contributed by atoms with van der Waals surface area (Å²) in [4.78, 5) is 16.8. The Labute approximate surface area is 140 Å². The minimum atomic E-state index is -0.0850. The zero-order valence-corrected chi connectivity index (χ0v) is 13.9. The van der Waals surface area contributed by atoms with Crippen molar-refractivity contribution in [1.82, 2.24) is 14.8 Å². The van der Waals surface area contributed by atoms with Crippen molar-refractivity contribution in [3.8, 4) is 0 Å². The fourth-order valence-electron chi connectivity index (χ4n) is 3.59. The summed E-state index contributed by atoms with van der Waals surface area (Å²) in [6.07, 6.45) is 6.02. The number of nitrogens with one attached hydrogen (secondary N) is 1. The van der Waals surface area contributed by atoms with Crippen LogP contribution in [-0.2, 0) is 17.6 Å². The molecule has 0 amide bonds. The van der Waals surface area contributed by atoms with Gasteiger partial charge in [-0.15, -0.1) is 0 Å². The number of aromatic nitrogens is 3. The molecule has 2 aromatic rings. The van der Waals surface area contributed by atoms with Crippen LogP contribution < -0.4 is 10.9 Å². The summed E-state index contributed by atoms with van der Waals surface area (Å²) < 4.78 is 7.28. The number of hydrogen-bond donors (Lipinski definition) is 1. The Kier molecular flexibility index (Phi) is 4.06. The molecule has 0 saturated carbocycles. The molecule has 1 N–H and O–H groups in total. The van der Waals surface area contributed by atoms with E-state index in [9.17, 15) is 4.79 Å². The zero-order chi connectivity index (χ0) is 16.5. The predicted octanol–water partition coefficient (Wildman–Crippen LogP) is 1.88. The third-order valence-electron chi connectivity index (χ3n) is 4.85. The van der Waals surface area contributed by atoms with E-state index in [0.717, 1.165) is 48.3 Å². The van der Waals surface area contributed by atoms with Crippen molar-refractivity contribution in [2.24, 2.45) is 0 Å². The van der Waals surface area contributed by atoms with Crippen LogP contribution in [0.4, 0.5) is 5.69 Å². The normalized spacial score (nSPS) is 23.0. The van der Waals surface area contributed by atoms with E-state index in [1.807, 2.05) is 19.1 Å². The molecular formula is C18H22N4O2. The van der Waals surface area contributed by atoms with Gasteiger partial charge in [-0.25, -0.2) is 4.68 Å². The van der Waals surface area contributed by atoms with Gasteiger partial charge in [-0.2, -0.15) is 5.10 Å². The average molecular weight is 326 g/mol. The average Bonchev–Trinajstić information content (AvgIpc) is 3.02. The van der Waals surface area contributed by atoms with Gasteiger partial charge in [0.05, 0.1) is 24.9 Å². The predicted molar refractivity (Wildman–Crippen MR) is 91.4 cm³/mol. The fourth-order valence-corrected chi connectivity index (χ4v) is 3.59. The summed E-state index contributed by atoms with van der Waals surface area (Å²) >= 11 is 0. The molecule has 2 aliphatic rings. The number of pyridine rings is 1. The summed E-state index contributed by atoms with van der Waals surface area (Å²) in [7, 11) is 0. The van der Waals surface area contributed by atoms with Gasteiger partial charge in [0.1, 0.15) is 6.04 Å². The first-order valence-electron chi connectivity index (χ1n) is 8.59. The molecule has 6 nitrogen and oxygen atoms in total. The number of ether oxygens (including phenoxy) is 1. The van der Waals surface area contributed by atoms with E-state index in [1.54, 1.807) is 16.9 Å². The van der Waals surface area contributed by atoms with Crippen LogP contribution in [-0.4, -0.2) is 34.0 Å². The van der Waals surface area contributed by atoms with Gasteiger partial charge in [-0.1, -0.05) is 0 Å². The second-order valence-corrected chi connectivity index (χ2v) is 6.65. The van der Waals surface area contributed by atoms with Crippen molar-refractivity contribution >= 4 is 5.69 Å². The maximum absolute atomic E-state index is 12.5. The smallest absolute Gasteiger partial charge is 0.267 e. The number of anilines is 1. The first kappa shape index (κ1) is 15.3. The van der Waals surface area contributed by atoms with Crippen molar-refractivity contribution in [1.29, 1.82) is 0 Å². The first-order chi connectivity index (χ1) is 11.7. The molecule has 24 heavy (non-hydrogen) atoms. The lowest BCUT2D eigenvalue weighted by atomic mass is 9.97. The standard InChI is InChI=1S/C18H22N4O2/c1-12-8-14(6-7-19-12)20-16-10-24-11-17(16)22-18(23)9-13-4-2-3-5-15(13)21-22/h6-9,16-17H,2-5,10-11H2,1H3,(H,19,20). The minimum absolute atomic E-state index is 0.0242. The van der Waals surface area contributed by atoms with E-state index in [2.05, 4.69) is 15.4 Å². The van der Waals surface area contributed by atoms with Crippen LogP contribution in [0.5, 0.6) is 0 Å². The molecule has 4 rings (SSSR count). The molecule has 1 aliphatic carbocycles. The Morgan fingerprint density at radius 2 is 2.12 bits per heavy atom. The molecule has 1 aliphatic heterocycles. The molecular weight excluding hydrogens is 304 g/mol. The molecule has 126 valence electrons. The van der Waals surface area contributed by atoms with Gasteiger partial charge in [0, 0.05) is 23.6 Å². The number of hydrogen-bond acceptors (Lipinski definition) is 5. The Morgan fingerprint density at radius 3 is 3.00 bits per heavy atom. The monoisotopic (exact) mass is 326 g/mol. The van der Waals surface area contributed by atoms with E-state index in [0.29, 0.717) is 13.2 Å². The van der Waals surface area contributed by atoms with E-state index < -0.39 is 0 Å². The highest BCUT2D eigenvalue weighted by Gasteiger charge is 2.32. The molecule has 1 fully saturated rings. The summed E-state index contributed by atoms with van der Waals surface area (Å²) in [6.45, 7) is 3.04. The van der Waals surface area contributed by atoms with Crippen molar-refractivity contribution in [3.63, 3.8) is 0 Å². The van der Waals surface area contributed by atoms with Gasteiger partial charge < -0.3 is 10.1 Å². The van der Waals surface area contributed by atoms with Crippen molar-refractivity contribution in [2.45, 2.75) is 44.7 Å². The van der Waals surface area contributed by atoms with Gasteiger partial charge in [0.2, 0.25) is 0 Å². The van der Waals surface area contributed by atoms with Crippen molar-refractivity contribution < 1.29 is 4.74 Å². The maximum atomic E-state index is 12.5. The fraction of sp³-hybridized carbons (Fsp3) is 0.500. The highest BCUT2D eigenvalue weighted by atomic mass is 16.5. The highest BCUT2D eigenvalue weighted by Crippen LogP contribution is 2.24. The summed E-state index contributed by atoms with van der Waals surface area (Å²) in [5, 5.41) is 8.15. The molecule has 0 aromatic carbocycles. The second kappa shape index (κ2) is 6.36. The summed E-state index contributed by atoms with van der Waals surface area (Å²) in [5.41, 5.74) is 4.12. The van der Waals surface area contributed by atoms with Gasteiger partial charge in [0.25, 0.3) is 5.56 Å². The SMILES string of the molecule is Cc1cc(NC2COCC2n2nc3c(cc2=O)CCCC3)ccn1. The molecule has 2 atom stereocenters. The van der Waals surface area contributed by atoms with Crippen LogP contribution in [0.3, 0.4) is 0 Å². The lowest BCUT2D eigenvalue weighted by Gasteiger charge is -2.23. The van der Waals surface area contributed by atoms with Crippen molar-refractivity contribution in [3.05, 3.63) is 51.7 Å². The molecule has 6 heteroatoms. The third kappa shape index (κ3) is 2.94. The summed E-state index contributed by atoms with van der Waals surface area (Å²) in [6, 6.07) is 5.65. The Balaban J connectivity index is 1.62. The van der Waals surface area contributed by atoms with Crippen LogP contribution in [0.2, 0.25) is 0 Å². The number of aryl methyl sites for hydroxylation is 3. The van der Waals surface area contributed by atoms with Crippen LogP contribution in [0.25, 0.3) is 0 Å². The quantitative estimate of drug-likeness (QED) is 0.932. The highest BCUT2D eigenvalue weighted by molar-refractivity contribution is 5.44. The molecule has 2 unspecified atom stereocenters.